The second-order valence-electron chi connectivity index (χ2n) is 4.80. The van der Waals surface area contributed by atoms with E-state index < -0.39 is 0 Å². The minimum Gasteiger partial charge on any atom is -0.384 e. The minimum absolute atomic E-state index is 0.149. The molecule has 18 heavy (non-hydrogen) atoms. The van der Waals surface area contributed by atoms with Crippen LogP contribution in [-0.2, 0) is 6.54 Å². The summed E-state index contributed by atoms with van der Waals surface area (Å²) in [7, 11) is 0. The van der Waals surface area contributed by atoms with Crippen LogP contribution in [0.2, 0.25) is 0 Å². The Morgan fingerprint density at radius 2 is 2.22 bits per heavy atom. The molecule has 1 aliphatic rings. The van der Waals surface area contributed by atoms with E-state index in [2.05, 4.69) is 29.7 Å². The number of nitrogen functional groups attached to an aromatic ring is 1. The molecule has 1 saturated heterocycles. The molecule has 1 aromatic rings. The summed E-state index contributed by atoms with van der Waals surface area (Å²) in [6.07, 6.45) is 1.29. The molecule has 0 saturated carbocycles. The smallest absolute Gasteiger partial charge is 0.122 e. The lowest BCUT2D eigenvalue weighted by molar-refractivity contribution is 0.287. The summed E-state index contributed by atoms with van der Waals surface area (Å²) in [5.41, 5.74) is 8.92. The number of aryl methyl sites for hydroxylation is 1. The van der Waals surface area contributed by atoms with Gasteiger partial charge in [-0.15, -0.1) is 0 Å². The number of hydrogen-bond donors (Lipinski definition) is 2. The third-order valence-electron chi connectivity index (χ3n) is 3.36. The van der Waals surface area contributed by atoms with Crippen LogP contribution in [0.4, 0.5) is 0 Å². The van der Waals surface area contributed by atoms with E-state index in [1.54, 1.807) is 0 Å². The highest BCUT2D eigenvalue weighted by atomic mass is 32.2. The molecule has 0 amide bonds. The summed E-state index contributed by atoms with van der Waals surface area (Å²) in [6.45, 7) is 5.50. The molecule has 3 N–H and O–H groups in total. The molecule has 1 aliphatic heterocycles. The molecule has 3 nitrogen and oxygen atoms in total. The van der Waals surface area contributed by atoms with E-state index in [1.807, 2.05) is 12.1 Å². The van der Waals surface area contributed by atoms with Crippen LogP contribution in [0, 0.1) is 12.3 Å². The first-order chi connectivity index (χ1) is 8.66. The maximum absolute atomic E-state index is 7.45. The molecule has 1 fully saturated rings. The van der Waals surface area contributed by atoms with Crippen molar-refractivity contribution in [2.24, 2.45) is 5.73 Å². The van der Waals surface area contributed by atoms with Crippen LogP contribution in [-0.4, -0.2) is 35.3 Å². The normalized spacial score (nSPS) is 17.4. The number of hydrogen-bond acceptors (Lipinski definition) is 3. The summed E-state index contributed by atoms with van der Waals surface area (Å²) in [6, 6.07) is 6.09. The van der Waals surface area contributed by atoms with Gasteiger partial charge in [-0.1, -0.05) is 12.1 Å². The van der Waals surface area contributed by atoms with Gasteiger partial charge in [0, 0.05) is 24.4 Å². The number of nitrogens with zero attached hydrogens (tertiary/aromatic N) is 1. The fraction of sp³-hybridized carbons (Fsp3) is 0.500. The van der Waals surface area contributed by atoms with Crippen molar-refractivity contribution in [3.63, 3.8) is 0 Å². The average molecular weight is 263 g/mol. The zero-order valence-corrected chi connectivity index (χ0v) is 11.7. The number of amidine groups is 1. The summed E-state index contributed by atoms with van der Waals surface area (Å²) in [5, 5.41) is 7.45. The van der Waals surface area contributed by atoms with Gasteiger partial charge >= 0.3 is 0 Å². The largest absolute Gasteiger partial charge is 0.384 e. The van der Waals surface area contributed by atoms with Crippen molar-refractivity contribution in [1.82, 2.24) is 4.90 Å². The Morgan fingerprint density at radius 3 is 2.94 bits per heavy atom. The van der Waals surface area contributed by atoms with Gasteiger partial charge in [-0.3, -0.25) is 10.3 Å². The molecule has 98 valence electrons. The highest BCUT2D eigenvalue weighted by Crippen LogP contribution is 2.16. The zero-order chi connectivity index (χ0) is 13.0. The van der Waals surface area contributed by atoms with Gasteiger partial charge in [-0.25, -0.2) is 0 Å². The maximum Gasteiger partial charge on any atom is 0.122 e. The molecule has 1 aromatic carbocycles. The molecule has 0 aliphatic carbocycles. The second kappa shape index (κ2) is 6.25. The summed E-state index contributed by atoms with van der Waals surface area (Å²) in [5.74, 6) is 2.68. The zero-order valence-electron chi connectivity index (χ0n) is 10.9. The number of nitrogens with one attached hydrogen (secondary N) is 1. The van der Waals surface area contributed by atoms with Crippen LogP contribution < -0.4 is 5.73 Å². The Kier molecular flexibility index (Phi) is 4.66. The Hall–Kier alpha value is -1.000. The van der Waals surface area contributed by atoms with Crippen molar-refractivity contribution in [3.05, 3.63) is 34.9 Å². The number of benzene rings is 1. The molecule has 2 rings (SSSR count). The minimum atomic E-state index is 0.149. The first-order valence-electron chi connectivity index (χ1n) is 6.41. The second-order valence-corrected chi connectivity index (χ2v) is 6.02. The van der Waals surface area contributed by atoms with Crippen molar-refractivity contribution < 1.29 is 0 Å². The maximum atomic E-state index is 7.45. The van der Waals surface area contributed by atoms with Crippen molar-refractivity contribution in [2.45, 2.75) is 19.9 Å². The number of nitrogens with two attached hydrogens (primary N) is 1. The van der Waals surface area contributed by atoms with Gasteiger partial charge in [0.25, 0.3) is 0 Å². The molecule has 0 atom stereocenters. The fourth-order valence-corrected chi connectivity index (χ4v) is 3.16. The quantitative estimate of drug-likeness (QED) is 0.649. The summed E-state index contributed by atoms with van der Waals surface area (Å²) < 4.78 is 0. The Balaban J connectivity index is 2.06. The van der Waals surface area contributed by atoms with E-state index in [1.165, 1.54) is 42.1 Å². The first kappa shape index (κ1) is 13.4. The van der Waals surface area contributed by atoms with Crippen molar-refractivity contribution in [1.29, 1.82) is 5.41 Å². The van der Waals surface area contributed by atoms with E-state index in [4.69, 9.17) is 11.1 Å². The fourth-order valence-electron chi connectivity index (χ4n) is 2.24. The van der Waals surface area contributed by atoms with Gasteiger partial charge in [0.05, 0.1) is 0 Å². The summed E-state index contributed by atoms with van der Waals surface area (Å²) in [4.78, 5) is 2.52. The monoisotopic (exact) mass is 263 g/mol. The van der Waals surface area contributed by atoms with Gasteiger partial charge in [0.1, 0.15) is 5.84 Å². The standard InChI is InChI=1S/C14H21N3S/c1-11-9-12(14(15)16)3-4-13(11)10-17-5-2-7-18-8-6-17/h3-4,9H,2,5-8,10H2,1H3,(H3,15,16). The lowest BCUT2D eigenvalue weighted by Crippen LogP contribution is -2.26. The van der Waals surface area contributed by atoms with Crippen molar-refractivity contribution in [3.8, 4) is 0 Å². The molecule has 0 unspecified atom stereocenters. The average Bonchev–Trinajstić information content (AvgIpc) is 2.60. The van der Waals surface area contributed by atoms with Crippen LogP contribution in [0.3, 0.4) is 0 Å². The Morgan fingerprint density at radius 1 is 1.39 bits per heavy atom. The highest BCUT2D eigenvalue weighted by molar-refractivity contribution is 7.99. The van der Waals surface area contributed by atoms with Crippen LogP contribution in [0.5, 0.6) is 0 Å². The first-order valence-corrected chi connectivity index (χ1v) is 7.56. The molecule has 0 aromatic heterocycles. The van der Waals surface area contributed by atoms with Gasteiger partial charge in [-0.05, 0) is 42.8 Å². The molecule has 1 heterocycles. The Labute approximate surface area is 113 Å². The lowest BCUT2D eigenvalue weighted by Gasteiger charge is -2.20. The SMILES string of the molecule is Cc1cc(C(=N)N)ccc1CN1CCCSCC1. The van der Waals surface area contributed by atoms with Gasteiger partial charge in [0.2, 0.25) is 0 Å². The van der Waals surface area contributed by atoms with E-state index >= 15 is 0 Å². The van der Waals surface area contributed by atoms with Crippen LogP contribution in [0.15, 0.2) is 18.2 Å². The molecule has 0 bridgehead atoms. The van der Waals surface area contributed by atoms with E-state index in [-0.39, 0.29) is 5.84 Å². The van der Waals surface area contributed by atoms with Crippen molar-refractivity contribution in [2.75, 3.05) is 24.6 Å². The predicted molar refractivity (Wildman–Crippen MR) is 79.4 cm³/mol. The van der Waals surface area contributed by atoms with Crippen LogP contribution >= 0.6 is 11.8 Å². The van der Waals surface area contributed by atoms with Crippen molar-refractivity contribution >= 4 is 17.6 Å². The van der Waals surface area contributed by atoms with E-state index in [9.17, 15) is 0 Å². The molecule has 4 heteroatoms. The Bertz CT molecular complexity index is 423. The third-order valence-corrected chi connectivity index (χ3v) is 4.41. The topological polar surface area (TPSA) is 53.1 Å². The van der Waals surface area contributed by atoms with E-state index in [0.29, 0.717) is 0 Å². The number of thioether (sulfide) groups is 1. The lowest BCUT2D eigenvalue weighted by atomic mass is 10.0. The van der Waals surface area contributed by atoms with Gasteiger partial charge < -0.3 is 5.73 Å². The van der Waals surface area contributed by atoms with Crippen LogP contribution in [0.25, 0.3) is 0 Å². The van der Waals surface area contributed by atoms with Gasteiger partial charge in [0.15, 0.2) is 0 Å². The molecule has 0 radical (unpaired) electrons. The van der Waals surface area contributed by atoms with Gasteiger partial charge in [-0.2, -0.15) is 11.8 Å². The molecular weight excluding hydrogens is 242 g/mol. The number of rotatable bonds is 3. The summed E-state index contributed by atoms with van der Waals surface area (Å²) >= 11 is 2.05. The third kappa shape index (κ3) is 3.50. The highest BCUT2D eigenvalue weighted by Gasteiger charge is 2.11. The predicted octanol–water partition coefficient (Wildman–Crippen LogP) is 2.22. The molecule has 0 spiro atoms. The molecular formula is C14H21N3S. The van der Waals surface area contributed by atoms with E-state index in [0.717, 1.165) is 12.1 Å². The van der Waals surface area contributed by atoms with Crippen LogP contribution in [0.1, 0.15) is 23.1 Å².